The Morgan fingerprint density at radius 2 is 2.05 bits per heavy atom. The first-order chi connectivity index (χ1) is 10.2. The molecule has 1 N–H and O–H groups in total. The molecule has 2 aromatic heterocycles. The van der Waals surface area contributed by atoms with E-state index in [0.717, 1.165) is 37.6 Å². The average molecular weight is 288 g/mol. The van der Waals surface area contributed by atoms with Crippen LogP contribution in [0, 0.1) is 0 Å². The Morgan fingerprint density at radius 1 is 1.29 bits per heavy atom. The number of imidazole rings is 1. The zero-order valence-electron chi connectivity index (χ0n) is 13.0. The van der Waals surface area contributed by atoms with Gasteiger partial charge in [-0.2, -0.15) is 0 Å². The predicted octanol–water partition coefficient (Wildman–Crippen LogP) is 2.06. The van der Waals surface area contributed by atoms with E-state index in [1.54, 1.807) is 0 Å². The van der Waals surface area contributed by atoms with Crippen LogP contribution < -0.4 is 10.2 Å². The van der Waals surface area contributed by atoms with Gasteiger partial charge in [0.2, 0.25) is 0 Å². The average Bonchev–Trinajstić information content (AvgIpc) is 2.83. The maximum Gasteiger partial charge on any atom is 0.152 e. The van der Waals surface area contributed by atoms with Gasteiger partial charge in [-0.3, -0.25) is 0 Å². The van der Waals surface area contributed by atoms with E-state index in [-0.39, 0.29) is 12.2 Å². The molecule has 1 aliphatic heterocycles. The van der Waals surface area contributed by atoms with E-state index < -0.39 is 0 Å². The van der Waals surface area contributed by atoms with Crippen LogP contribution in [-0.2, 0) is 11.3 Å². The SMILES string of the molecule is CCNCc1c(N2CC(C)OC(C)C2)nc2ccccn12. The summed E-state index contributed by atoms with van der Waals surface area (Å²) in [5.74, 6) is 1.09. The van der Waals surface area contributed by atoms with Crippen LogP contribution in [0.15, 0.2) is 24.4 Å². The summed E-state index contributed by atoms with van der Waals surface area (Å²) in [5, 5.41) is 3.43. The second-order valence-corrected chi connectivity index (χ2v) is 5.75. The van der Waals surface area contributed by atoms with Crippen molar-refractivity contribution in [3.05, 3.63) is 30.1 Å². The predicted molar refractivity (Wildman–Crippen MR) is 84.8 cm³/mol. The molecule has 0 aromatic carbocycles. The molecule has 0 bridgehead atoms. The Balaban J connectivity index is 1.99. The largest absolute Gasteiger partial charge is 0.372 e. The second-order valence-electron chi connectivity index (χ2n) is 5.75. The van der Waals surface area contributed by atoms with Gasteiger partial charge in [0.1, 0.15) is 5.65 Å². The third-order valence-electron chi connectivity index (χ3n) is 3.87. The van der Waals surface area contributed by atoms with E-state index >= 15 is 0 Å². The summed E-state index contributed by atoms with van der Waals surface area (Å²) in [6.07, 6.45) is 2.57. The maximum absolute atomic E-state index is 5.84. The lowest BCUT2D eigenvalue weighted by atomic mass is 10.2. The fraction of sp³-hybridized carbons (Fsp3) is 0.562. The molecule has 0 amide bonds. The highest BCUT2D eigenvalue weighted by molar-refractivity contribution is 5.56. The van der Waals surface area contributed by atoms with Gasteiger partial charge in [0.05, 0.1) is 17.9 Å². The van der Waals surface area contributed by atoms with Crippen molar-refractivity contribution in [1.29, 1.82) is 0 Å². The molecule has 21 heavy (non-hydrogen) atoms. The summed E-state index contributed by atoms with van der Waals surface area (Å²) in [6.45, 7) is 9.96. The van der Waals surface area contributed by atoms with Crippen LogP contribution in [0.3, 0.4) is 0 Å². The minimum atomic E-state index is 0.241. The molecule has 1 aliphatic rings. The molecule has 0 radical (unpaired) electrons. The highest BCUT2D eigenvalue weighted by Gasteiger charge is 2.26. The molecular formula is C16H24N4O. The minimum absolute atomic E-state index is 0.241. The smallest absolute Gasteiger partial charge is 0.152 e. The summed E-state index contributed by atoms with van der Waals surface area (Å²) in [7, 11) is 0. The highest BCUT2D eigenvalue weighted by atomic mass is 16.5. The van der Waals surface area contributed by atoms with Gasteiger partial charge in [0.15, 0.2) is 5.82 Å². The third kappa shape index (κ3) is 2.89. The molecule has 2 atom stereocenters. The number of nitrogens with zero attached hydrogens (tertiary/aromatic N) is 3. The lowest BCUT2D eigenvalue weighted by Crippen LogP contribution is -2.46. The number of morpholine rings is 1. The van der Waals surface area contributed by atoms with Crippen molar-refractivity contribution in [2.45, 2.75) is 39.5 Å². The molecule has 1 fully saturated rings. The van der Waals surface area contributed by atoms with Crippen molar-refractivity contribution in [3.63, 3.8) is 0 Å². The zero-order valence-corrected chi connectivity index (χ0v) is 13.0. The standard InChI is InChI=1S/C16H24N4O/c1-4-17-9-14-16(18-15-7-5-6-8-20(14)15)19-10-12(2)21-13(3)11-19/h5-8,12-13,17H,4,9-11H2,1-3H3. The molecule has 114 valence electrons. The molecule has 0 spiro atoms. The van der Waals surface area contributed by atoms with E-state index in [2.05, 4.69) is 53.7 Å². The summed E-state index contributed by atoms with van der Waals surface area (Å²) >= 11 is 0. The molecule has 0 aliphatic carbocycles. The van der Waals surface area contributed by atoms with E-state index in [9.17, 15) is 0 Å². The zero-order chi connectivity index (χ0) is 14.8. The number of anilines is 1. The molecule has 5 nitrogen and oxygen atoms in total. The quantitative estimate of drug-likeness (QED) is 0.935. The van der Waals surface area contributed by atoms with Gasteiger partial charge in [-0.25, -0.2) is 4.98 Å². The fourth-order valence-corrected chi connectivity index (χ4v) is 3.05. The van der Waals surface area contributed by atoms with Crippen LogP contribution in [0.4, 0.5) is 5.82 Å². The molecule has 2 unspecified atom stereocenters. The molecule has 5 heteroatoms. The Morgan fingerprint density at radius 3 is 2.76 bits per heavy atom. The fourth-order valence-electron chi connectivity index (χ4n) is 3.05. The van der Waals surface area contributed by atoms with Crippen molar-refractivity contribution >= 4 is 11.5 Å². The number of hydrogen-bond acceptors (Lipinski definition) is 4. The van der Waals surface area contributed by atoms with Gasteiger partial charge in [-0.05, 0) is 32.5 Å². The molecule has 3 heterocycles. The minimum Gasteiger partial charge on any atom is -0.372 e. The highest BCUT2D eigenvalue weighted by Crippen LogP contribution is 2.25. The number of hydrogen-bond donors (Lipinski definition) is 1. The van der Waals surface area contributed by atoms with Crippen molar-refractivity contribution in [1.82, 2.24) is 14.7 Å². The van der Waals surface area contributed by atoms with E-state index in [1.807, 2.05) is 6.07 Å². The summed E-state index contributed by atoms with van der Waals surface area (Å²) in [4.78, 5) is 7.21. The first kappa shape index (κ1) is 14.4. The van der Waals surface area contributed by atoms with Gasteiger partial charge in [-0.1, -0.05) is 13.0 Å². The summed E-state index contributed by atoms with van der Waals surface area (Å²) in [6, 6.07) is 6.15. The van der Waals surface area contributed by atoms with Gasteiger partial charge in [0.25, 0.3) is 0 Å². The summed E-state index contributed by atoms with van der Waals surface area (Å²) < 4.78 is 8.02. The van der Waals surface area contributed by atoms with Gasteiger partial charge >= 0.3 is 0 Å². The Labute approximate surface area is 125 Å². The van der Waals surface area contributed by atoms with Crippen LogP contribution >= 0.6 is 0 Å². The maximum atomic E-state index is 5.84. The molecule has 3 rings (SSSR count). The van der Waals surface area contributed by atoms with Gasteiger partial charge in [-0.15, -0.1) is 0 Å². The Bertz CT molecular complexity index is 599. The number of ether oxygens (including phenoxy) is 1. The normalized spacial score (nSPS) is 22.9. The van der Waals surface area contributed by atoms with Crippen molar-refractivity contribution < 1.29 is 4.74 Å². The number of pyridine rings is 1. The van der Waals surface area contributed by atoms with Gasteiger partial charge < -0.3 is 19.4 Å². The third-order valence-corrected chi connectivity index (χ3v) is 3.87. The van der Waals surface area contributed by atoms with Crippen molar-refractivity contribution in [3.8, 4) is 0 Å². The van der Waals surface area contributed by atoms with Crippen LogP contribution in [0.1, 0.15) is 26.5 Å². The molecular weight excluding hydrogens is 264 g/mol. The van der Waals surface area contributed by atoms with Crippen molar-refractivity contribution in [2.75, 3.05) is 24.5 Å². The van der Waals surface area contributed by atoms with Crippen LogP contribution in [0.5, 0.6) is 0 Å². The van der Waals surface area contributed by atoms with Crippen molar-refractivity contribution in [2.24, 2.45) is 0 Å². The lowest BCUT2D eigenvalue weighted by molar-refractivity contribution is -0.00548. The Hall–Kier alpha value is -1.59. The molecule has 2 aromatic rings. The lowest BCUT2D eigenvalue weighted by Gasteiger charge is -2.36. The van der Waals surface area contributed by atoms with Crippen LogP contribution in [0.2, 0.25) is 0 Å². The molecule has 0 saturated carbocycles. The number of fused-ring (bicyclic) bond motifs is 1. The van der Waals surface area contributed by atoms with Crippen LogP contribution in [-0.4, -0.2) is 41.2 Å². The molecule has 1 saturated heterocycles. The first-order valence-electron chi connectivity index (χ1n) is 7.76. The Kier molecular flexibility index (Phi) is 4.12. The monoisotopic (exact) mass is 288 g/mol. The first-order valence-corrected chi connectivity index (χ1v) is 7.76. The van der Waals surface area contributed by atoms with Crippen LogP contribution in [0.25, 0.3) is 5.65 Å². The second kappa shape index (κ2) is 6.03. The summed E-state index contributed by atoms with van der Waals surface area (Å²) in [5.41, 5.74) is 2.24. The van der Waals surface area contributed by atoms with Gasteiger partial charge in [0, 0.05) is 25.8 Å². The number of rotatable bonds is 4. The van der Waals surface area contributed by atoms with E-state index in [4.69, 9.17) is 9.72 Å². The van der Waals surface area contributed by atoms with E-state index in [0.29, 0.717) is 0 Å². The van der Waals surface area contributed by atoms with E-state index in [1.165, 1.54) is 5.69 Å². The number of aromatic nitrogens is 2. The topological polar surface area (TPSA) is 41.8 Å². The number of nitrogens with one attached hydrogen (secondary N) is 1.